The van der Waals surface area contributed by atoms with Crippen molar-refractivity contribution in [2.45, 2.75) is 34.2 Å². The minimum atomic E-state index is -0.250. The van der Waals surface area contributed by atoms with Gasteiger partial charge in [0, 0.05) is 41.4 Å². The number of nitrogens with one attached hydrogen (secondary N) is 3. The molecular formula is C22H25N5O2. The molecule has 0 bridgehead atoms. The number of hydrogen-bond acceptors (Lipinski definition) is 5. The molecule has 0 unspecified atom stereocenters. The summed E-state index contributed by atoms with van der Waals surface area (Å²) in [6, 6.07) is 7.77. The third-order valence-electron chi connectivity index (χ3n) is 4.93. The van der Waals surface area contributed by atoms with Gasteiger partial charge in [-0.15, -0.1) is 0 Å². The standard InChI is InChI=1S/C22H25N5O2/c1-12-6-7-16(10-24-12)17-8-18(13(2)20(9-17)23-5)21(28)25-11-19-14(3)26-15(4)27-22(19)29/h6-10,23H,11H2,1-5H3,(H,25,28)(H,26,27,29). The molecule has 150 valence electrons. The molecule has 3 aromatic rings. The fourth-order valence-corrected chi connectivity index (χ4v) is 3.24. The topological polar surface area (TPSA) is 99.8 Å². The van der Waals surface area contributed by atoms with Crippen LogP contribution in [-0.4, -0.2) is 27.9 Å². The molecule has 7 heteroatoms. The number of nitrogens with zero attached hydrogens (tertiary/aromatic N) is 2. The summed E-state index contributed by atoms with van der Waals surface area (Å²) in [6.07, 6.45) is 1.79. The zero-order chi connectivity index (χ0) is 21.1. The lowest BCUT2D eigenvalue weighted by Gasteiger charge is -2.15. The molecule has 3 rings (SSSR count). The Morgan fingerprint density at radius 2 is 1.86 bits per heavy atom. The summed E-state index contributed by atoms with van der Waals surface area (Å²) in [4.78, 5) is 36.4. The van der Waals surface area contributed by atoms with Crippen molar-refractivity contribution in [3.8, 4) is 11.1 Å². The van der Waals surface area contributed by atoms with E-state index in [4.69, 9.17) is 0 Å². The number of carbonyl (C=O) groups excluding carboxylic acids is 1. The zero-order valence-electron chi connectivity index (χ0n) is 17.3. The van der Waals surface area contributed by atoms with Crippen LogP contribution in [0.25, 0.3) is 11.1 Å². The van der Waals surface area contributed by atoms with Gasteiger partial charge in [0.25, 0.3) is 11.5 Å². The van der Waals surface area contributed by atoms with Crippen molar-refractivity contribution >= 4 is 11.6 Å². The van der Waals surface area contributed by atoms with Crippen LogP contribution >= 0.6 is 0 Å². The van der Waals surface area contributed by atoms with Gasteiger partial charge in [0.15, 0.2) is 0 Å². The Morgan fingerprint density at radius 1 is 1.10 bits per heavy atom. The highest BCUT2D eigenvalue weighted by Crippen LogP contribution is 2.28. The number of rotatable bonds is 5. The van der Waals surface area contributed by atoms with Crippen molar-refractivity contribution in [2.75, 3.05) is 12.4 Å². The fraction of sp³-hybridized carbons (Fsp3) is 0.273. The monoisotopic (exact) mass is 391 g/mol. The molecule has 0 atom stereocenters. The van der Waals surface area contributed by atoms with Crippen LogP contribution < -0.4 is 16.2 Å². The van der Waals surface area contributed by atoms with Crippen molar-refractivity contribution in [3.05, 3.63) is 74.7 Å². The Hall–Kier alpha value is -3.48. The van der Waals surface area contributed by atoms with E-state index in [1.54, 1.807) is 20.0 Å². The molecule has 0 saturated carbocycles. The average Bonchev–Trinajstić information content (AvgIpc) is 2.67. The molecule has 0 radical (unpaired) electrons. The number of carbonyl (C=O) groups is 1. The van der Waals surface area contributed by atoms with Gasteiger partial charge < -0.3 is 15.6 Å². The van der Waals surface area contributed by atoms with E-state index in [1.807, 2.05) is 45.2 Å². The second-order valence-corrected chi connectivity index (χ2v) is 7.03. The van der Waals surface area contributed by atoms with Crippen LogP contribution in [0.2, 0.25) is 0 Å². The average molecular weight is 391 g/mol. The number of aromatic nitrogens is 3. The molecule has 0 aliphatic rings. The van der Waals surface area contributed by atoms with Gasteiger partial charge in [0.2, 0.25) is 0 Å². The fourth-order valence-electron chi connectivity index (χ4n) is 3.24. The summed E-state index contributed by atoms with van der Waals surface area (Å²) < 4.78 is 0. The van der Waals surface area contributed by atoms with E-state index in [2.05, 4.69) is 25.6 Å². The van der Waals surface area contributed by atoms with E-state index >= 15 is 0 Å². The summed E-state index contributed by atoms with van der Waals surface area (Å²) in [6.45, 7) is 7.42. The smallest absolute Gasteiger partial charge is 0.256 e. The number of hydrogen-bond donors (Lipinski definition) is 3. The van der Waals surface area contributed by atoms with Gasteiger partial charge in [-0.25, -0.2) is 4.98 Å². The molecule has 29 heavy (non-hydrogen) atoms. The van der Waals surface area contributed by atoms with Crippen molar-refractivity contribution in [1.82, 2.24) is 20.3 Å². The van der Waals surface area contributed by atoms with E-state index in [-0.39, 0.29) is 18.0 Å². The van der Waals surface area contributed by atoms with E-state index < -0.39 is 0 Å². The van der Waals surface area contributed by atoms with Crippen LogP contribution in [0.1, 0.15) is 38.7 Å². The van der Waals surface area contributed by atoms with Gasteiger partial charge in [0.1, 0.15) is 5.82 Å². The van der Waals surface area contributed by atoms with Crippen molar-refractivity contribution in [2.24, 2.45) is 0 Å². The van der Waals surface area contributed by atoms with E-state index in [0.29, 0.717) is 22.6 Å². The Balaban J connectivity index is 1.93. The molecule has 0 aliphatic carbocycles. The van der Waals surface area contributed by atoms with Crippen molar-refractivity contribution in [1.29, 1.82) is 0 Å². The van der Waals surface area contributed by atoms with Gasteiger partial charge in [-0.3, -0.25) is 14.6 Å². The molecule has 3 N–H and O–H groups in total. The van der Waals surface area contributed by atoms with Crippen LogP contribution in [0, 0.1) is 27.7 Å². The number of pyridine rings is 1. The van der Waals surface area contributed by atoms with E-state index in [0.717, 1.165) is 28.1 Å². The van der Waals surface area contributed by atoms with Crippen LogP contribution in [0.5, 0.6) is 0 Å². The Bertz CT molecular complexity index is 1120. The lowest BCUT2D eigenvalue weighted by molar-refractivity contribution is 0.0950. The third kappa shape index (κ3) is 4.34. The number of aromatic amines is 1. The van der Waals surface area contributed by atoms with Crippen LogP contribution in [0.15, 0.2) is 35.3 Å². The number of anilines is 1. The van der Waals surface area contributed by atoms with Crippen LogP contribution in [0.3, 0.4) is 0 Å². The van der Waals surface area contributed by atoms with Gasteiger partial charge in [0.05, 0.1) is 12.1 Å². The lowest BCUT2D eigenvalue weighted by atomic mass is 9.98. The minimum Gasteiger partial charge on any atom is -0.388 e. The highest BCUT2D eigenvalue weighted by Gasteiger charge is 2.16. The quantitative estimate of drug-likeness (QED) is 0.621. The van der Waals surface area contributed by atoms with E-state index in [9.17, 15) is 9.59 Å². The van der Waals surface area contributed by atoms with Crippen molar-refractivity contribution in [3.63, 3.8) is 0 Å². The Kier molecular flexibility index (Phi) is 5.77. The second kappa shape index (κ2) is 8.26. The van der Waals surface area contributed by atoms with E-state index in [1.165, 1.54) is 0 Å². The molecule has 2 aromatic heterocycles. The zero-order valence-corrected chi connectivity index (χ0v) is 17.3. The predicted molar refractivity (Wildman–Crippen MR) is 114 cm³/mol. The molecule has 2 heterocycles. The summed E-state index contributed by atoms with van der Waals surface area (Å²) in [5, 5.41) is 6.00. The highest BCUT2D eigenvalue weighted by atomic mass is 16.1. The second-order valence-electron chi connectivity index (χ2n) is 7.03. The Morgan fingerprint density at radius 3 is 2.48 bits per heavy atom. The lowest BCUT2D eigenvalue weighted by Crippen LogP contribution is -2.29. The van der Waals surface area contributed by atoms with Crippen LogP contribution in [-0.2, 0) is 6.54 Å². The van der Waals surface area contributed by atoms with Gasteiger partial charge >= 0.3 is 0 Å². The first-order valence-electron chi connectivity index (χ1n) is 9.40. The maximum absolute atomic E-state index is 12.9. The molecule has 1 aromatic carbocycles. The first-order chi connectivity index (χ1) is 13.8. The molecule has 7 nitrogen and oxygen atoms in total. The van der Waals surface area contributed by atoms with Crippen molar-refractivity contribution < 1.29 is 4.79 Å². The molecule has 1 amide bonds. The molecule has 0 spiro atoms. The summed E-state index contributed by atoms with van der Waals surface area (Å²) in [5.41, 5.74) is 5.82. The Labute approximate surface area is 169 Å². The number of benzene rings is 1. The molecular weight excluding hydrogens is 366 g/mol. The maximum Gasteiger partial charge on any atom is 0.256 e. The summed E-state index contributed by atoms with van der Waals surface area (Å²) in [7, 11) is 1.82. The SMILES string of the molecule is CNc1cc(-c2ccc(C)nc2)cc(C(=O)NCc2c(C)nc(C)[nH]c2=O)c1C. The maximum atomic E-state index is 12.9. The normalized spacial score (nSPS) is 10.7. The highest BCUT2D eigenvalue weighted by molar-refractivity contribution is 5.98. The van der Waals surface area contributed by atoms with Gasteiger partial charge in [-0.1, -0.05) is 6.07 Å². The number of H-pyrrole nitrogens is 1. The van der Waals surface area contributed by atoms with Gasteiger partial charge in [-0.05, 0) is 57.0 Å². The first kappa shape index (κ1) is 20.3. The first-order valence-corrected chi connectivity index (χ1v) is 9.40. The largest absolute Gasteiger partial charge is 0.388 e. The van der Waals surface area contributed by atoms with Crippen LogP contribution in [0.4, 0.5) is 5.69 Å². The minimum absolute atomic E-state index is 0.109. The molecule has 0 fully saturated rings. The molecule has 0 saturated heterocycles. The summed E-state index contributed by atoms with van der Waals surface area (Å²) in [5.74, 6) is 0.303. The van der Waals surface area contributed by atoms with Gasteiger partial charge in [-0.2, -0.15) is 0 Å². The predicted octanol–water partition coefficient (Wildman–Crippen LogP) is 3.04. The summed E-state index contributed by atoms with van der Waals surface area (Å²) >= 11 is 0. The third-order valence-corrected chi connectivity index (χ3v) is 4.93. The molecule has 0 aliphatic heterocycles. The number of amides is 1. The number of aryl methyl sites for hydroxylation is 3.